The Morgan fingerprint density at radius 2 is 2.28 bits per heavy atom. The van der Waals surface area contributed by atoms with E-state index in [0.29, 0.717) is 0 Å². The van der Waals surface area contributed by atoms with Gasteiger partial charge in [-0.15, -0.1) is 0 Å². The minimum Gasteiger partial charge on any atom is -0.399 e. The number of imidazole rings is 1. The molecule has 0 atom stereocenters. The molecule has 1 aromatic carbocycles. The number of aromatic nitrogens is 2. The van der Waals surface area contributed by atoms with Gasteiger partial charge in [-0.2, -0.15) is 0 Å². The van der Waals surface area contributed by atoms with Crippen LogP contribution in [0.3, 0.4) is 0 Å². The maximum Gasteiger partial charge on any atom is 0.0946 e. The van der Waals surface area contributed by atoms with Crippen LogP contribution in [0, 0.1) is 0 Å². The first-order chi connectivity index (χ1) is 8.74. The van der Waals surface area contributed by atoms with E-state index in [4.69, 9.17) is 5.73 Å². The van der Waals surface area contributed by atoms with E-state index < -0.39 is 0 Å². The summed E-state index contributed by atoms with van der Waals surface area (Å²) < 4.78 is 2.07. The fraction of sp³-hybridized carbons (Fsp3) is 0.357. The number of hydrogen-bond acceptors (Lipinski definition) is 3. The predicted molar refractivity (Wildman–Crippen MR) is 73.4 cm³/mol. The third kappa shape index (κ3) is 1.94. The van der Waals surface area contributed by atoms with Gasteiger partial charge in [0.2, 0.25) is 0 Å². The fourth-order valence-electron chi connectivity index (χ4n) is 2.59. The number of benzene rings is 1. The van der Waals surface area contributed by atoms with Gasteiger partial charge in [0.25, 0.3) is 0 Å². The van der Waals surface area contributed by atoms with Crippen molar-refractivity contribution in [1.29, 1.82) is 0 Å². The van der Waals surface area contributed by atoms with E-state index in [9.17, 15) is 0 Å². The molecule has 94 valence electrons. The molecule has 2 heterocycles. The summed E-state index contributed by atoms with van der Waals surface area (Å²) in [6, 6.07) is 6.23. The number of nitrogens with two attached hydrogens (primary N) is 1. The summed E-state index contributed by atoms with van der Waals surface area (Å²) >= 11 is 0. The second-order valence-electron chi connectivity index (χ2n) is 4.91. The zero-order valence-electron chi connectivity index (χ0n) is 10.6. The first-order valence-corrected chi connectivity index (χ1v) is 6.32. The second-order valence-corrected chi connectivity index (χ2v) is 4.91. The number of rotatable bonds is 2. The summed E-state index contributed by atoms with van der Waals surface area (Å²) in [5.41, 5.74) is 10.6. The minimum atomic E-state index is 0.858. The average molecular weight is 242 g/mol. The molecule has 0 spiro atoms. The SMILES string of the molecule is Cn1cncc1CN1CCCc2cc(N)ccc21. The quantitative estimate of drug-likeness (QED) is 0.819. The molecule has 0 saturated heterocycles. The van der Waals surface area contributed by atoms with Gasteiger partial charge in [-0.1, -0.05) is 0 Å². The summed E-state index contributed by atoms with van der Waals surface area (Å²) in [6.45, 7) is 2.01. The number of nitrogen functional groups attached to an aromatic ring is 1. The summed E-state index contributed by atoms with van der Waals surface area (Å²) in [6.07, 6.45) is 6.10. The average Bonchev–Trinajstić information content (AvgIpc) is 2.75. The van der Waals surface area contributed by atoms with E-state index in [-0.39, 0.29) is 0 Å². The van der Waals surface area contributed by atoms with Gasteiger partial charge in [0.1, 0.15) is 0 Å². The molecule has 1 aliphatic rings. The third-order valence-electron chi connectivity index (χ3n) is 3.59. The van der Waals surface area contributed by atoms with Crippen LogP contribution in [0.4, 0.5) is 11.4 Å². The van der Waals surface area contributed by atoms with Crippen molar-refractivity contribution in [3.63, 3.8) is 0 Å². The molecule has 0 saturated carbocycles. The van der Waals surface area contributed by atoms with Gasteiger partial charge >= 0.3 is 0 Å². The van der Waals surface area contributed by atoms with Crippen molar-refractivity contribution in [2.24, 2.45) is 7.05 Å². The van der Waals surface area contributed by atoms with Crippen molar-refractivity contribution >= 4 is 11.4 Å². The molecule has 18 heavy (non-hydrogen) atoms. The summed E-state index contributed by atoms with van der Waals surface area (Å²) in [7, 11) is 2.04. The van der Waals surface area contributed by atoms with Crippen LogP contribution >= 0.6 is 0 Å². The smallest absolute Gasteiger partial charge is 0.0946 e. The van der Waals surface area contributed by atoms with Crippen LogP contribution in [-0.2, 0) is 20.0 Å². The van der Waals surface area contributed by atoms with Gasteiger partial charge in [0.05, 0.1) is 18.6 Å². The molecule has 0 bridgehead atoms. The summed E-state index contributed by atoms with van der Waals surface area (Å²) in [4.78, 5) is 6.59. The highest BCUT2D eigenvalue weighted by Crippen LogP contribution is 2.29. The number of anilines is 2. The lowest BCUT2D eigenvalue weighted by molar-refractivity contribution is 0.669. The third-order valence-corrected chi connectivity index (χ3v) is 3.59. The molecule has 0 aliphatic carbocycles. The predicted octanol–water partition coefficient (Wildman–Crippen LogP) is 1.96. The van der Waals surface area contributed by atoms with E-state index in [1.807, 2.05) is 25.6 Å². The summed E-state index contributed by atoms with van der Waals surface area (Å²) in [5.74, 6) is 0. The Kier molecular flexibility index (Phi) is 2.70. The number of aryl methyl sites for hydroxylation is 2. The van der Waals surface area contributed by atoms with Gasteiger partial charge in [0.15, 0.2) is 0 Å². The van der Waals surface area contributed by atoms with Gasteiger partial charge in [-0.05, 0) is 36.6 Å². The van der Waals surface area contributed by atoms with Crippen molar-refractivity contribution in [2.45, 2.75) is 19.4 Å². The van der Waals surface area contributed by atoms with Crippen LogP contribution in [-0.4, -0.2) is 16.1 Å². The van der Waals surface area contributed by atoms with Gasteiger partial charge < -0.3 is 15.2 Å². The highest BCUT2D eigenvalue weighted by atomic mass is 15.2. The summed E-state index contributed by atoms with van der Waals surface area (Å²) in [5, 5.41) is 0. The van der Waals surface area contributed by atoms with Gasteiger partial charge in [-0.25, -0.2) is 4.98 Å². The molecule has 2 N–H and O–H groups in total. The van der Waals surface area contributed by atoms with E-state index in [1.54, 1.807) is 0 Å². The molecule has 1 aromatic heterocycles. The second kappa shape index (κ2) is 4.37. The largest absolute Gasteiger partial charge is 0.399 e. The molecule has 0 radical (unpaired) electrons. The zero-order chi connectivity index (χ0) is 12.5. The molecule has 0 amide bonds. The fourth-order valence-corrected chi connectivity index (χ4v) is 2.59. The number of fused-ring (bicyclic) bond motifs is 1. The highest BCUT2D eigenvalue weighted by Gasteiger charge is 2.17. The van der Waals surface area contributed by atoms with Crippen molar-refractivity contribution < 1.29 is 0 Å². The monoisotopic (exact) mass is 242 g/mol. The van der Waals surface area contributed by atoms with Crippen LogP contribution in [0.1, 0.15) is 17.7 Å². The van der Waals surface area contributed by atoms with Gasteiger partial charge in [0, 0.05) is 31.2 Å². The molecule has 3 rings (SSSR count). The molecule has 0 unspecified atom stereocenters. The maximum atomic E-state index is 5.85. The molecule has 2 aromatic rings. The lowest BCUT2D eigenvalue weighted by Crippen LogP contribution is -2.29. The Bertz CT molecular complexity index is 559. The Morgan fingerprint density at radius 1 is 1.39 bits per heavy atom. The zero-order valence-corrected chi connectivity index (χ0v) is 10.6. The van der Waals surface area contributed by atoms with Crippen LogP contribution in [0.15, 0.2) is 30.7 Å². The van der Waals surface area contributed by atoms with Crippen LogP contribution < -0.4 is 10.6 Å². The highest BCUT2D eigenvalue weighted by molar-refractivity contribution is 5.61. The van der Waals surface area contributed by atoms with E-state index in [0.717, 1.165) is 25.2 Å². The van der Waals surface area contributed by atoms with Crippen molar-refractivity contribution in [3.8, 4) is 0 Å². The van der Waals surface area contributed by atoms with Crippen LogP contribution in [0.25, 0.3) is 0 Å². The Labute approximate surface area is 107 Å². The first kappa shape index (κ1) is 11.1. The maximum absolute atomic E-state index is 5.85. The Balaban J connectivity index is 1.90. The van der Waals surface area contributed by atoms with Crippen molar-refractivity contribution in [3.05, 3.63) is 42.0 Å². The van der Waals surface area contributed by atoms with Gasteiger partial charge in [-0.3, -0.25) is 0 Å². The molecular formula is C14H18N4. The van der Waals surface area contributed by atoms with E-state index >= 15 is 0 Å². The number of nitrogens with zero attached hydrogens (tertiary/aromatic N) is 3. The van der Waals surface area contributed by atoms with E-state index in [1.165, 1.54) is 23.4 Å². The minimum absolute atomic E-state index is 0.858. The molecule has 0 fully saturated rings. The van der Waals surface area contributed by atoms with Crippen LogP contribution in [0.5, 0.6) is 0 Å². The lowest BCUT2D eigenvalue weighted by atomic mass is 10.0. The Morgan fingerprint density at radius 3 is 3.06 bits per heavy atom. The van der Waals surface area contributed by atoms with Crippen molar-refractivity contribution in [2.75, 3.05) is 17.2 Å². The topological polar surface area (TPSA) is 47.1 Å². The molecule has 4 heteroatoms. The molecular weight excluding hydrogens is 224 g/mol. The van der Waals surface area contributed by atoms with Crippen LogP contribution in [0.2, 0.25) is 0 Å². The number of hydrogen-bond donors (Lipinski definition) is 1. The normalized spacial score (nSPS) is 14.6. The molecule has 1 aliphatic heterocycles. The standard InChI is InChI=1S/C14H18N4/c1-17-10-16-8-13(17)9-18-6-2-3-11-7-12(15)4-5-14(11)18/h4-5,7-8,10H,2-3,6,9,15H2,1H3. The Hall–Kier alpha value is -1.97. The molecule has 4 nitrogen and oxygen atoms in total. The van der Waals surface area contributed by atoms with E-state index in [2.05, 4.69) is 26.6 Å². The van der Waals surface area contributed by atoms with Crippen molar-refractivity contribution in [1.82, 2.24) is 9.55 Å². The first-order valence-electron chi connectivity index (χ1n) is 6.32. The lowest BCUT2D eigenvalue weighted by Gasteiger charge is -2.31.